The fourth-order valence-corrected chi connectivity index (χ4v) is 4.37. The zero-order chi connectivity index (χ0) is 18.8. The Labute approximate surface area is 162 Å². The highest BCUT2D eigenvalue weighted by Gasteiger charge is 2.27. The molecule has 0 aromatic carbocycles. The van der Waals surface area contributed by atoms with Gasteiger partial charge in [0.15, 0.2) is 0 Å². The third kappa shape index (κ3) is 3.69. The van der Waals surface area contributed by atoms with Crippen LogP contribution in [0.1, 0.15) is 29.0 Å². The molecule has 0 spiro atoms. The topological polar surface area (TPSA) is 71.3 Å². The smallest absolute Gasteiger partial charge is 0.231 e. The van der Waals surface area contributed by atoms with Crippen LogP contribution in [0.4, 0.5) is 5.82 Å². The Morgan fingerprint density at radius 1 is 1.33 bits per heavy atom. The number of furan rings is 1. The number of nitrogens with zero attached hydrogens (tertiary/aromatic N) is 3. The molecule has 1 aliphatic heterocycles. The average Bonchev–Trinajstić information content (AvgIpc) is 3.30. The molecule has 1 N–H and O–H groups in total. The molecule has 1 fully saturated rings. The zero-order valence-corrected chi connectivity index (χ0v) is 16.5. The maximum absolute atomic E-state index is 12.5. The predicted octanol–water partition coefficient (Wildman–Crippen LogP) is 3.48. The van der Waals surface area contributed by atoms with Crippen LogP contribution in [-0.4, -0.2) is 35.5 Å². The van der Waals surface area contributed by atoms with E-state index < -0.39 is 0 Å². The molecule has 1 saturated heterocycles. The van der Waals surface area contributed by atoms with E-state index in [1.807, 2.05) is 19.9 Å². The van der Waals surface area contributed by atoms with E-state index in [0.29, 0.717) is 12.3 Å². The summed E-state index contributed by atoms with van der Waals surface area (Å²) in [6.07, 6.45) is 4.14. The van der Waals surface area contributed by atoms with Crippen LogP contribution in [0.15, 0.2) is 28.3 Å². The van der Waals surface area contributed by atoms with Crippen molar-refractivity contribution in [3.63, 3.8) is 0 Å². The van der Waals surface area contributed by atoms with Crippen LogP contribution in [0.5, 0.6) is 0 Å². The van der Waals surface area contributed by atoms with Crippen molar-refractivity contribution >= 4 is 34.2 Å². The molecular weight excluding hydrogens is 360 g/mol. The molecule has 0 atom stereocenters. The monoisotopic (exact) mass is 384 g/mol. The summed E-state index contributed by atoms with van der Waals surface area (Å²) in [7, 11) is 0. The van der Waals surface area contributed by atoms with Crippen molar-refractivity contribution in [2.75, 3.05) is 24.5 Å². The number of hydrogen-bond acceptors (Lipinski definition) is 6. The van der Waals surface area contributed by atoms with Gasteiger partial charge in [0.2, 0.25) is 11.6 Å². The lowest BCUT2D eigenvalue weighted by Gasteiger charge is -2.32. The number of amides is 1. The number of anilines is 1. The Balaban J connectivity index is 1.36. The number of piperidine rings is 1. The fraction of sp³-hybridized carbons (Fsp3) is 0.450. The van der Waals surface area contributed by atoms with Crippen molar-refractivity contribution in [2.45, 2.75) is 33.1 Å². The Morgan fingerprint density at radius 3 is 2.89 bits per heavy atom. The average molecular weight is 385 g/mol. The van der Waals surface area contributed by atoms with E-state index in [-0.39, 0.29) is 11.8 Å². The quantitative estimate of drug-likeness (QED) is 0.729. The number of thiophene rings is 1. The molecule has 3 aromatic rings. The largest absolute Gasteiger partial charge is 0.443 e. The number of carbonyl (C=O) groups is 1. The number of fused-ring (bicyclic) bond motifs is 1. The van der Waals surface area contributed by atoms with Crippen molar-refractivity contribution in [1.29, 1.82) is 0 Å². The molecule has 27 heavy (non-hydrogen) atoms. The van der Waals surface area contributed by atoms with Gasteiger partial charge < -0.3 is 14.6 Å². The number of rotatable bonds is 5. The second-order valence-corrected chi connectivity index (χ2v) is 8.07. The molecule has 4 heterocycles. The lowest BCUT2D eigenvalue weighted by Crippen LogP contribution is -2.41. The number of carbonyl (C=O) groups excluding carboxylic acids is 1. The van der Waals surface area contributed by atoms with Gasteiger partial charge in [0, 0.05) is 36.0 Å². The van der Waals surface area contributed by atoms with Crippen LogP contribution in [0.25, 0.3) is 11.1 Å². The molecular formula is C20H24N4O2S. The molecule has 4 rings (SSSR count). The molecule has 0 aliphatic carbocycles. The van der Waals surface area contributed by atoms with Gasteiger partial charge in [-0.2, -0.15) is 0 Å². The second kappa shape index (κ2) is 7.68. The maximum atomic E-state index is 12.5. The van der Waals surface area contributed by atoms with Crippen molar-refractivity contribution < 1.29 is 9.21 Å². The Morgan fingerprint density at radius 2 is 2.15 bits per heavy atom. The first kappa shape index (κ1) is 18.0. The number of nitrogens with one attached hydrogen (secondary N) is 1. The second-order valence-electron chi connectivity index (χ2n) is 7.04. The van der Waals surface area contributed by atoms with Gasteiger partial charge in [-0.15, -0.1) is 11.3 Å². The fourth-order valence-electron chi connectivity index (χ4n) is 3.67. The highest BCUT2D eigenvalue weighted by atomic mass is 32.1. The molecule has 142 valence electrons. The summed E-state index contributed by atoms with van der Waals surface area (Å²) in [6.45, 7) is 6.34. The highest BCUT2D eigenvalue weighted by molar-refractivity contribution is 7.09. The van der Waals surface area contributed by atoms with E-state index in [0.717, 1.165) is 54.9 Å². The molecule has 1 amide bonds. The molecule has 0 saturated carbocycles. The van der Waals surface area contributed by atoms with Gasteiger partial charge in [-0.05, 0) is 44.6 Å². The summed E-state index contributed by atoms with van der Waals surface area (Å²) in [5, 5.41) is 6.16. The first-order chi connectivity index (χ1) is 13.1. The summed E-state index contributed by atoms with van der Waals surface area (Å²) in [4.78, 5) is 24.8. The SMILES string of the molecule is Cc1oc2ncnc(N3CCC(C(=O)NCCc4cccs4)CC3)c2c1C. The van der Waals surface area contributed by atoms with E-state index >= 15 is 0 Å². The van der Waals surface area contributed by atoms with Gasteiger partial charge in [0.1, 0.15) is 17.9 Å². The van der Waals surface area contributed by atoms with Crippen molar-refractivity contribution in [3.8, 4) is 0 Å². The van der Waals surface area contributed by atoms with Crippen molar-refractivity contribution in [2.24, 2.45) is 5.92 Å². The van der Waals surface area contributed by atoms with E-state index in [9.17, 15) is 4.79 Å². The van der Waals surface area contributed by atoms with Crippen molar-refractivity contribution in [3.05, 3.63) is 40.0 Å². The molecule has 7 heteroatoms. The van der Waals surface area contributed by atoms with E-state index in [1.54, 1.807) is 17.7 Å². The van der Waals surface area contributed by atoms with Gasteiger partial charge in [-0.3, -0.25) is 4.79 Å². The first-order valence-electron chi connectivity index (χ1n) is 9.39. The molecule has 1 aliphatic rings. The minimum absolute atomic E-state index is 0.0779. The lowest BCUT2D eigenvalue weighted by molar-refractivity contribution is -0.125. The lowest BCUT2D eigenvalue weighted by atomic mass is 9.95. The number of hydrogen-bond donors (Lipinski definition) is 1. The zero-order valence-electron chi connectivity index (χ0n) is 15.7. The molecule has 6 nitrogen and oxygen atoms in total. The van der Waals surface area contributed by atoms with Crippen LogP contribution < -0.4 is 10.2 Å². The predicted molar refractivity (Wildman–Crippen MR) is 107 cm³/mol. The minimum Gasteiger partial charge on any atom is -0.443 e. The standard InChI is InChI=1S/C20H24N4O2S/c1-13-14(2)26-20-17(13)18(22-12-23-20)24-9-6-15(7-10-24)19(25)21-8-5-16-4-3-11-27-16/h3-4,11-12,15H,5-10H2,1-2H3,(H,21,25). The van der Waals surface area contributed by atoms with Crippen molar-refractivity contribution in [1.82, 2.24) is 15.3 Å². The third-order valence-corrected chi connectivity index (χ3v) is 6.30. The van der Waals surface area contributed by atoms with Crippen LogP contribution >= 0.6 is 11.3 Å². The molecule has 3 aromatic heterocycles. The molecule has 0 bridgehead atoms. The van der Waals surface area contributed by atoms with Gasteiger partial charge in [0.25, 0.3) is 0 Å². The summed E-state index contributed by atoms with van der Waals surface area (Å²) in [5.74, 6) is 2.06. The van der Waals surface area contributed by atoms with Crippen LogP contribution in [-0.2, 0) is 11.2 Å². The minimum atomic E-state index is 0.0779. The van der Waals surface area contributed by atoms with E-state index in [1.165, 1.54) is 4.88 Å². The summed E-state index contributed by atoms with van der Waals surface area (Å²) in [5.41, 5.74) is 1.73. The summed E-state index contributed by atoms with van der Waals surface area (Å²) >= 11 is 1.73. The number of aryl methyl sites for hydroxylation is 2. The first-order valence-corrected chi connectivity index (χ1v) is 10.3. The molecule has 0 radical (unpaired) electrons. The summed E-state index contributed by atoms with van der Waals surface area (Å²) < 4.78 is 5.72. The maximum Gasteiger partial charge on any atom is 0.231 e. The third-order valence-electron chi connectivity index (χ3n) is 5.36. The van der Waals surface area contributed by atoms with Gasteiger partial charge >= 0.3 is 0 Å². The summed E-state index contributed by atoms with van der Waals surface area (Å²) in [6, 6.07) is 4.15. The van der Waals surface area contributed by atoms with Gasteiger partial charge in [-0.25, -0.2) is 9.97 Å². The Hall–Kier alpha value is -2.41. The number of aromatic nitrogens is 2. The van der Waals surface area contributed by atoms with Gasteiger partial charge in [0.05, 0.1) is 5.39 Å². The van der Waals surface area contributed by atoms with E-state index in [4.69, 9.17) is 4.42 Å². The Bertz CT molecular complexity index is 927. The van der Waals surface area contributed by atoms with Crippen LogP contribution in [0, 0.1) is 19.8 Å². The van der Waals surface area contributed by atoms with E-state index in [2.05, 4.69) is 31.6 Å². The highest BCUT2D eigenvalue weighted by Crippen LogP contribution is 2.32. The normalized spacial score (nSPS) is 15.4. The molecule has 0 unspecified atom stereocenters. The van der Waals surface area contributed by atoms with Gasteiger partial charge in [-0.1, -0.05) is 6.07 Å². The Kier molecular flexibility index (Phi) is 5.11. The van der Waals surface area contributed by atoms with Crippen LogP contribution in [0.2, 0.25) is 0 Å². The van der Waals surface area contributed by atoms with Crippen LogP contribution in [0.3, 0.4) is 0 Å².